The minimum absolute atomic E-state index is 0.0000520. The fourth-order valence-corrected chi connectivity index (χ4v) is 3.15. The van der Waals surface area contributed by atoms with Gasteiger partial charge in [-0.05, 0) is 31.0 Å². The highest BCUT2D eigenvalue weighted by atomic mass is 16.6. The SMILES string of the molecule is N#Cc1cc([N+](=O)[O-])ccc1N1CCC(C(=O)Nc2ccccc2)CC1. The molecule has 0 spiro atoms. The first-order chi connectivity index (χ1) is 12.6. The molecule has 2 aromatic rings. The maximum atomic E-state index is 12.4. The number of amides is 1. The third-order valence-corrected chi connectivity index (χ3v) is 4.56. The maximum absolute atomic E-state index is 12.4. The molecular formula is C19H18N4O3. The van der Waals surface area contributed by atoms with Gasteiger partial charge in [0.25, 0.3) is 5.69 Å². The highest BCUT2D eigenvalue weighted by Gasteiger charge is 2.26. The first-order valence-corrected chi connectivity index (χ1v) is 8.38. The van der Waals surface area contributed by atoms with Gasteiger partial charge < -0.3 is 10.2 Å². The fraction of sp³-hybridized carbons (Fsp3) is 0.263. The van der Waals surface area contributed by atoms with Crippen LogP contribution in [0, 0.1) is 27.4 Å². The van der Waals surface area contributed by atoms with E-state index in [1.807, 2.05) is 41.3 Å². The number of piperidine rings is 1. The second-order valence-electron chi connectivity index (χ2n) is 6.19. The van der Waals surface area contributed by atoms with Crippen LogP contribution in [0.25, 0.3) is 0 Å². The second kappa shape index (κ2) is 7.66. The van der Waals surface area contributed by atoms with Crippen LogP contribution in [-0.4, -0.2) is 23.9 Å². The molecule has 0 aromatic heterocycles. The third kappa shape index (κ3) is 3.81. The highest BCUT2D eigenvalue weighted by Crippen LogP contribution is 2.29. The van der Waals surface area contributed by atoms with Crippen LogP contribution in [0.15, 0.2) is 48.5 Å². The van der Waals surface area contributed by atoms with Crippen molar-refractivity contribution in [3.63, 3.8) is 0 Å². The predicted octanol–water partition coefficient (Wildman–Crippen LogP) is 3.32. The van der Waals surface area contributed by atoms with Crippen LogP contribution in [0.3, 0.4) is 0 Å². The number of benzene rings is 2. The van der Waals surface area contributed by atoms with E-state index in [1.54, 1.807) is 6.07 Å². The molecule has 0 bridgehead atoms. The molecule has 3 rings (SSSR count). The monoisotopic (exact) mass is 350 g/mol. The Morgan fingerprint density at radius 1 is 1.19 bits per heavy atom. The smallest absolute Gasteiger partial charge is 0.270 e. The molecular weight excluding hydrogens is 332 g/mol. The Balaban J connectivity index is 1.64. The van der Waals surface area contributed by atoms with Gasteiger partial charge in [0.05, 0.1) is 16.2 Å². The lowest BCUT2D eigenvalue weighted by molar-refractivity contribution is -0.384. The first-order valence-electron chi connectivity index (χ1n) is 8.38. The van der Waals surface area contributed by atoms with Crippen molar-refractivity contribution in [1.29, 1.82) is 5.26 Å². The molecule has 2 aromatic carbocycles. The van der Waals surface area contributed by atoms with Crippen molar-refractivity contribution in [3.05, 3.63) is 64.2 Å². The van der Waals surface area contributed by atoms with Crippen LogP contribution in [0.2, 0.25) is 0 Å². The van der Waals surface area contributed by atoms with Crippen molar-refractivity contribution in [2.45, 2.75) is 12.8 Å². The Morgan fingerprint density at radius 2 is 1.88 bits per heavy atom. The van der Waals surface area contributed by atoms with E-state index in [-0.39, 0.29) is 23.1 Å². The van der Waals surface area contributed by atoms with E-state index in [9.17, 15) is 20.2 Å². The molecule has 0 saturated carbocycles. The molecule has 1 N–H and O–H groups in total. The number of nitro benzene ring substituents is 1. The van der Waals surface area contributed by atoms with Gasteiger partial charge in [-0.15, -0.1) is 0 Å². The zero-order chi connectivity index (χ0) is 18.5. The second-order valence-corrected chi connectivity index (χ2v) is 6.19. The minimum atomic E-state index is -0.509. The molecule has 1 fully saturated rings. The predicted molar refractivity (Wildman–Crippen MR) is 97.8 cm³/mol. The van der Waals surface area contributed by atoms with Gasteiger partial charge in [-0.25, -0.2) is 0 Å². The number of non-ortho nitro benzene ring substituents is 1. The summed E-state index contributed by atoms with van der Waals surface area (Å²) in [5, 5.41) is 23.1. The van der Waals surface area contributed by atoms with Gasteiger partial charge in [0.1, 0.15) is 6.07 Å². The van der Waals surface area contributed by atoms with E-state index >= 15 is 0 Å². The Kier molecular flexibility index (Phi) is 5.13. The number of nitro groups is 1. The molecule has 0 aliphatic carbocycles. The Bertz CT molecular complexity index is 853. The third-order valence-electron chi connectivity index (χ3n) is 4.56. The van der Waals surface area contributed by atoms with Crippen LogP contribution >= 0.6 is 0 Å². The van der Waals surface area contributed by atoms with E-state index < -0.39 is 4.92 Å². The van der Waals surface area contributed by atoms with Crippen molar-refractivity contribution >= 4 is 23.0 Å². The summed E-state index contributed by atoms with van der Waals surface area (Å²) in [5.74, 6) is -0.0879. The summed E-state index contributed by atoms with van der Waals surface area (Å²) in [7, 11) is 0. The van der Waals surface area contributed by atoms with Crippen LogP contribution in [0.4, 0.5) is 17.1 Å². The summed E-state index contributed by atoms with van der Waals surface area (Å²) in [5.41, 5.74) is 1.65. The molecule has 0 atom stereocenters. The van der Waals surface area contributed by atoms with E-state index in [1.165, 1.54) is 12.1 Å². The van der Waals surface area contributed by atoms with Gasteiger partial charge in [0, 0.05) is 36.8 Å². The molecule has 1 amide bonds. The average molecular weight is 350 g/mol. The number of rotatable bonds is 4. The molecule has 1 aliphatic heterocycles. The van der Waals surface area contributed by atoms with Crippen molar-refractivity contribution in [2.75, 3.05) is 23.3 Å². The summed E-state index contributed by atoms with van der Waals surface area (Å²) in [6.45, 7) is 1.25. The number of nitriles is 1. The molecule has 0 unspecified atom stereocenters. The molecule has 26 heavy (non-hydrogen) atoms. The van der Waals surface area contributed by atoms with E-state index in [0.717, 1.165) is 5.69 Å². The zero-order valence-electron chi connectivity index (χ0n) is 14.1. The molecule has 132 valence electrons. The van der Waals surface area contributed by atoms with Crippen molar-refractivity contribution in [2.24, 2.45) is 5.92 Å². The number of hydrogen-bond donors (Lipinski definition) is 1. The number of nitrogens with one attached hydrogen (secondary N) is 1. The van der Waals surface area contributed by atoms with Gasteiger partial charge in [0.15, 0.2) is 0 Å². The number of carbonyl (C=O) groups is 1. The van der Waals surface area contributed by atoms with Crippen molar-refractivity contribution in [1.82, 2.24) is 0 Å². The largest absolute Gasteiger partial charge is 0.370 e. The van der Waals surface area contributed by atoms with E-state index in [2.05, 4.69) is 5.32 Å². The minimum Gasteiger partial charge on any atom is -0.370 e. The van der Waals surface area contributed by atoms with Gasteiger partial charge >= 0.3 is 0 Å². The quantitative estimate of drug-likeness (QED) is 0.673. The molecule has 1 heterocycles. The fourth-order valence-electron chi connectivity index (χ4n) is 3.15. The lowest BCUT2D eigenvalue weighted by atomic mass is 9.95. The maximum Gasteiger partial charge on any atom is 0.270 e. The number of nitrogens with zero attached hydrogens (tertiary/aromatic N) is 3. The molecule has 1 aliphatic rings. The van der Waals surface area contributed by atoms with E-state index in [0.29, 0.717) is 31.6 Å². The summed E-state index contributed by atoms with van der Waals surface area (Å²) in [6.07, 6.45) is 1.33. The standard InChI is InChI=1S/C19H18N4O3/c20-13-15-12-17(23(25)26)6-7-18(15)22-10-8-14(9-11-22)19(24)21-16-4-2-1-3-5-16/h1-7,12,14H,8-11H2,(H,21,24). The highest BCUT2D eigenvalue weighted by molar-refractivity contribution is 5.92. The van der Waals surface area contributed by atoms with E-state index in [4.69, 9.17) is 0 Å². The zero-order valence-corrected chi connectivity index (χ0v) is 14.1. The Labute approximate surface area is 151 Å². The van der Waals surface area contributed by atoms with Crippen LogP contribution in [-0.2, 0) is 4.79 Å². The van der Waals surface area contributed by atoms with Crippen LogP contribution in [0.5, 0.6) is 0 Å². The lowest BCUT2D eigenvalue weighted by Crippen LogP contribution is -2.38. The Hall–Kier alpha value is -3.40. The number of anilines is 2. The summed E-state index contributed by atoms with van der Waals surface area (Å²) >= 11 is 0. The molecule has 7 nitrogen and oxygen atoms in total. The molecule has 1 saturated heterocycles. The number of carbonyl (C=O) groups excluding carboxylic acids is 1. The Morgan fingerprint density at radius 3 is 2.50 bits per heavy atom. The number of para-hydroxylation sites is 1. The number of hydrogen-bond acceptors (Lipinski definition) is 5. The van der Waals surface area contributed by atoms with Crippen molar-refractivity contribution in [3.8, 4) is 6.07 Å². The van der Waals surface area contributed by atoms with Gasteiger partial charge in [0.2, 0.25) is 5.91 Å². The normalized spacial score (nSPS) is 14.5. The average Bonchev–Trinajstić information content (AvgIpc) is 2.68. The lowest BCUT2D eigenvalue weighted by Gasteiger charge is -2.33. The van der Waals surface area contributed by atoms with Gasteiger partial charge in [-0.1, -0.05) is 18.2 Å². The summed E-state index contributed by atoms with van der Waals surface area (Å²) < 4.78 is 0. The van der Waals surface area contributed by atoms with Crippen LogP contribution in [0.1, 0.15) is 18.4 Å². The molecule has 7 heteroatoms. The van der Waals surface area contributed by atoms with Gasteiger partial charge in [-0.3, -0.25) is 14.9 Å². The molecule has 0 radical (unpaired) electrons. The van der Waals surface area contributed by atoms with Crippen molar-refractivity contribution < 1.29 is 9.72 Å². The van der Waals surface area contributed by atoms with Crippen LogP contribution < -0.4 is 10.2 Å². The van der Waals surface area contributed by atoms with Gasteiger partial charge in [-0.2, -0.15) is 5.26 Å². The first kappa shape index (κ1) is 17.4. The summed E-state index contributed by atoms with van der Waals surface area (Å²) in [6, 6.07) is 15.7. The summed E-state index contributed by atoms with van der Waals surface area (Å²) in [4.78, 5) is 24.8. The topological polar surface area (TPSA) is 99.3 Å².